The highest BCUT2D eigenvalue weighted by Gasteiger charge is 2.05. The standard InChI is InChI=1S/C16H13BrN2O2/c1-10-8-11(17)6-7-14(10)21-9-15-18-13-5-3-2-4-12(13)16(20)19-15/h2-8H,9H2,1H3,(H,18,19,20). The van der Waals surface area contributed by atoms with Crippen molar-refractivity contribution in [2.24, 2.45) is 0 Å². The van der Waals surface area contributed by atoms with Crippen LogP contribution in [0.4, 0.5) is 0 Å². The molecule has 5 heteroatoms. The molecule has 0 aliphatic rings. The molecule has 0 fully saturated rings. The van der Waals surface area contributed by atoms with E-state index < -0.39 is 0 Å². The monoisotopic (exact) mass is 344 g/mol. The summed E-state index contributed by atoms with van der Waals surface area (Å²) in [7, 11) is 0. The third-order valence-electron chi connectivity index (χ3n) is 3.16. The van der Waals surface area contributed by atoms with E-state index in [-0.39, 0.29) is 12.2 Å². The first-order chi connectivity index (χ1) is 10.1. The number of aromatic amines is 1. The van der Waals surface area contributed by atoms with Gasteiger partial charge in [-0.1, -0.05) is 28.1 Å². The molecule has 0 aliphatic carbocycles. The smallest absolute Gasteiger partial charge is 0.258 e. The molecule has 0 bridgehead atoms. The van der Waals surface area contributed by atoms with Crippen LogP contribution in [0.3, 0.4) is 0 Å². The second-order valence-corrected chi connectivity index (χ2v) is 5.64. The van der Waals surface area contributed by atoms with Crippen LogP contribution < -0.4 is 10.3 Å². The molecule has 3 rings (SSSR count). The van der Waals surface area contributed by atoms with E-state index in [1.165, 1.54) is 0 Å². The summed E-state index contributed by atoms with van der Waals surface area (Å²) in [5, 5.41) is 0.584. The Hall–Kier alpha value is -2.14. The van der Waals surface area contributed by atoms with E-state index in [1.807, 2.05) is 43.3 Å². The Morgan fingerprint density at radius 3 is 2.86 bits per heavy atom. The minimum absolute atomic E-state index is 0.147. The third kappa shape index (κ3) is 2.97. The van der Waals surface area contributed by atoms with Crippen LogP contribution in [0.2, 0.25) is 0 Å². The van der Waals surface area contributed by atoms with Crippen LogP contribution in [-0.2, 0) is 6.61 Å². The normalized spacial score (nSPS) is 10.8. The number of rotatable bonds is 3. The maximum Gasteiger partial charge on any atom is 0.258 e. The number of fused-ring (bicyclic) bond motifs is 1. The number of H-pyrrole nitrogens is 1. The molecule has 1 heterocycles. The molecule has 0 saturated carbocycles. The number of nitrogens with one attached hydrogen (secondary N) is 1. The maximum atomic E-state index is 12.0. The zero-order valence-corrected chi connectivity index (χ0v) is 13.0. The fraction of sp³-hybridized carbons (Fsp3) is 0.125. The van der Waals surface area contributed by atoms with Crippen molar-refractivity contribution >= 4 is 26.8 Å². The van der Waals surface area contributed by atoms with Crippen molar-refractivity contribution in [3.8, 4) is 5.75 Å². The first-order valence-corrected chi connectivity index (χ1v) is 7.30. The van der Waals surface area contributed by atoms with Gasteiger partial charge in [-0.3, -0.25) is 4.79 Å². The van der Waals surface area contributed by atoms with Gasteiger partial charge in [-0.25, -0.2) is 4.98 Å². The molecular formula is C16H13BrN2O2. The van der Waals surface area contributed by atoms with Gasteiger partial charge in [-0.15, -0.1) is 0 Å². The van der Waals surface area contributed by atoms with Crippen LogP contribution in [0.1, 0.15) is 11.4 Å². The van der Waals surface area contributed by atoms with Gasteiger partial charge >= 0.3 is 0 Å². The number of halogens is 1. The molecule has 4 nitrogen and oxygen atoms in total. The fourth-order valence-electron chi connectivity index (χ4n) is 2.12. The third-order valence-corrected chi connectivity index (χ3v) is 3.66. The van der Waals surface area contributed by atoms with Crippen molar-refractivity contribution in [2.75, 3.05) is 0 Å². The quantitative estimate of drug-likeness (QED) is 0.790. The van der Waals surface area contributed by atoms with Crippen molar-refractivity contribution in [1.82, 2.24) is 9.97 Å². The summed E-state index contributed by atoms with van der Waals surface area (Å²) in [4.78, 5) is 19.1. The topological polar surface area (TPSA) is 55.0 Å². The Labute approximate surface area is 129 Å². The number of ether oxygens (including phenoxy) is 1. The first kappa shape index (κ1) is 13.8. The van der Waals surface area contributed by atoms with E-state index in [0.29, 0.717) is 16.7 Å². The summed E-state index contributed by atoms with van der Waals surface area (Å²) in [6.07, 6.45) is 0. The van der Waals surface area contributed by atoms with Gasteiger partial charge < -0.3 is 9.72 Å². The summed E-state index contributed by atoms with van der Waals surface area (Å²) < 4.78 is 6.73. The zero-order chi connectivity index (χ0) is 14.8. The van der Waals surface area contributed by atoms with E-state index in [9.17, 15) is 4.79 Å². The van der Waals surface area contributed by atoms with Crippen molar-refractivity contribution in [3.63, 3.8) is 0 Å². The molecule has 21 heavy (non-hydrogen) atoms. The number of nitrogens with zero attached hydrogens (tertiary/aromatic N) is 1. The van der Waals surface area contributed by atoms with Crippen LogP contribution in [0.5, 0.6) is 5.75 Å². The van der Waals surface area contributed by atoms with Crippen molar-refractivity contribution in [1.29, 1.82) is 0 Å². The van der Waals surface area contributed by atoms with Crippen molar-refractivity contribution < 1.29 is 4.74 Å². The molecule has 0 spiro atoms. The predicted octanol–water partition coefficient (Wildman–Crippen LogP) is 3.57. The maximum absolute atomic E-state index is 12.0. The Bertz CT molecular complexity index is 858. The SMILES string of the molecule is Cc1cc(Br)ccc1OCc1nc2ccccc2c(=O)[nH]1. The largest absolute Gasteiger partial charge is 0.485 e. The molecule has 0 saturated heterocycles. The van der Waals surface area contributed by atoms with Gasteiger partial charge in [0.2, 0.25) is 0 Å². The summed E-state index contributed by atoms with van der Waals surface area (Å²) in [6, 6.07) is 13.0. The number of para-hydroxylation sites is 1. The molecule has 0 radical (unpaired) electrons. The summed E-state index contributed by atoms with van der Waals surface area (Å²) in [5.41, 5.74) is 1.55. The van der Waals surface area contributed by atoms with E-state index in [4.69, 9.17) is 4.74 Å². The van der Waals surface area contributed by atoms with E-state index >= 15 is 0 Å². The minimum atomic E-state index is -0.147. The lowest BCUT2D eigenvalue weighted by Crippen LogP contribution is -2.13. The highest BCUT2D eigenvalue weighted by molar-refractivity contribution is 9.10. The first-order valence-electron chi connectivity index (χ1n) is 6.50. The highest BCUT2D eigenvalue weighted by Crippen LogP contribution is 2.22. The number of benzene rings is 2. The number of aryl methyl sites for hydroxylation is 1. The average Bonchev–Trinajstić information content (AvgIpc) is 2.46. The average molecular weight is 345 g/mol. The summed E-state index contributed by atoms with van der Waals surface area (Å²) >= 11 is 3.41. The Balaban J connectivity index is 1.87. The van der Waals surface area contributed by atoms with Gasteiger partial charge in [0.1, 0.15) is 18.2 Å². The highest BCUT2D eigenvalue weighted by atomic mass is 79.9. The van der Waals surface area contributed by atoms with Crippen LogP contribution >= 0.6 is 15.9 Å². The summed E-state index contributed by atoms with van der Waals surface area (Å²) in [5.74, 6) is 1.29. The Morgan fingerprint density at radius 2 is 2.05 bits per heavy atom. The Kier molecular flexibility index (Phi) is 3.75. The van der Waals surface area contributed by atoms with Gasteiger partial charge in [0, 0.05) is 4.47 Å². The zero-order valence-electron chi connectivity index (χ0n) is 11.4. The van der Waals surface area contributed by atoms with Gasteiger partial charge in [-0.2, -0.15) is 0 Å². The van der Waals surface area contributed by atoms with Crippen molar-refractivity contribution in [3.05, 3.63) is 68.7 Å². The van der Waals surface area contributed by atoms with E-state index in [0.717, 1.165) is 15.8 Å². The van der Waals surface area contributed by atoms with E-state index in [1.54, 1.807) is 6.07 Å². The second-order valence-electron chi connectivity index (χ2n) is 4.73. The van der Waals surface area contributed by atoms with Crippen LogP contribution in [0.25, 0.3) is 10.9 Å². The molecule has 3 aromatic rings. The molecule has 1 N–H and O–H groups in total. The second kappa shape index (κ2) is 5.69. The fourth-order valence-corrected chi connectivity index (χ4v) is 2.60. The molecular weight excluding hydrogens is 332 g/mol. The van der Waals surface area contributed by atoms with Crippen LogP contribution in [0, 0.1) is 6.92 Å². The van der Waals surface area contributed by atoms with Gasteiger partial charge in [0.15, 0.2) is 0 Å². The van der Waals surface area contributed by atoms with Crippen LogP contribution in [0.15, 0.2) is 51.7 Å². The molecule has 0 amide bonds. The lowest BCUT2D eigenvalue weighted by molar-refractivity contribution is 0.294. The number of hydrogen-bond donors (Lipinski definition) is 1. The molecule has 0 unspecified atom stereocenters. The predicted molar refractivity (Wildman–Crippen MR) is 85.6 cm³/mol. The van der Waals surface area contributed by atoms with Crippen LogP contribution in [-0.4, -0.2) is 9.97 Å². The van der Waals surface area contributed by atoms with Gasteiger partial charge in [-0.05, 0) is 42.8 Å². The lowest BCUT2D eigenvalue weighted by Gasteiger charge is -2.09. The summed E-state index contributed by atoms with van der Waals surface area (Å²) in [6.45, 7) is 2.19. The molecule has 1 aromatic heterocycles. The number of hydrogen-bond acceptors (Lipinski definition) is 3. The van der Waals surface area contributed by atoms with Gasteiger partial charge in [0.05, 0.1) is 10.9 Å². The lowest BCUT2D eigenvalue weighted by atomic mass is 10.2. The van der Waals surface area contributed by atoms with E-state index in [2.05, 4.69) is 25.9 Å². The molecule has 0 atom stereocenters. The number of aromatic nitrogens is 2. The minimum Gasteiger partial charge on any atom is -0.485 e. The Morgan fingerprint density at radius 1 is 1.24 bits per heavy atom. The molecule has 2 aromatic carbocycles. The molecule has 106 valence electrons. The molecule has 0 aliphatic heterocycles. The van der Waals surface area contributed by atoms with Crippen molar-refractivity contribution in [2.45, 2.75) is 13.5 Å². The van der Waals surface area contributed by atoms with Gasteiger partial charge in [0.25, 0.3) is 5.56 Å².